The molecule has 0 fully saturated rings. The number of non-ortho nitro benzene ring substituents is 1. The number of thiazole rings is 1. The number of nitro benzene ring substituents is 1. The van der Waals surface area contributed by atoms with Crippen molar-refractivity contribution in [2.75, 3.05) is 0 Å². The van der Waals surface area contributed by atoms with Gasteiger partial charge in [0.05, 0.1) is 22.5 Å². The Hall–Kier alpha value is -3.65. The number of hydrogen-bond donors (Lipinski definition) is 0. The van der Waals surface area contributed by atoms with E-state index in [1.54, 1.807) is 36.7 Å². The van der Waals surface area contributed by atoms with E-state index in [0.717, 1.165) is 27.3 Å². The molecule has 4 rings (SSSR count). The van der Waals surface area contributed by atoms with Gasteiger partial charge in [-0.1, -0.05) is 24.3 Å². The zero-order valence-corrected chi connectivity index (χ0v) is 16.6. The van der Waals surface area contributed by atoms with Crippen LogP contribution < -0.4 is 4.80 Å². The summed E-state index contributed by atoms with van der Waals surface area (Å²) in [7, 11) is 0. The summed E-state index contributed by atoms with van der Waals surface area (Å²) in [4.78, 5) is 20.3. The molecule has 4 aromatic rings. The minimum absolute atomic E-state index is 0.0366. The quantitative estimate of drug-likeness (QED) is 0.320. The van der Waals surface area contributed by atoms with Gasteiger partial charge in [0, 0.05) is 35.8 Å². The molecule has 0 aliphatic rings. The highest BCUT2D eigenvalue weighted by Gasteiger charge is 2.12. The molecule has 0 unspecified atom stereocenters. The van der Waals surface area contributed by atoms with Gasteiger partial charge in [-0.15, -0.1) is 11.3 Å². The molecule has 0 atom stereocenters. The van der Waals surface area contributed by atoms with Crippen molar-refractivity contribution in [2.45, 2.75) is 13.0 Å². The number of rotatable bonds is 6. The van der Waals surface area contributed by atoms with Crippen LogP contribution in [-0.2, 0) is 13.0 Å². The average Bonchev–Trinajstić information content (AvgIpc) is 3.16. The minimum Gasteiger partial charge on any atom is -0.316 e. The number of benzene rings is 2. The average molecular weight is 420 g/mol. The van der Waals surface area contributed by atoms with Gasteiger partial charge < -0.3 is 4.57 Å². The third kappa shape index (κ3) is 4.49. The molecule has 6 nitrogen and oxygen atoms in total. The van der Waals surface area contributed by atoms with Crippen molar-refractivity contribution in [1.82, 2.24) is 9.55 Å². The van der Waals surface area contributed by atoms with Crippen molar-refractivity contribution in [3.63, 3.8) is 0 Å². The molecule has 0 spiro atoms. The number of pyridine rings is 1. The molecule has 8 heteroatoms. The van der Waals surface area contributed by atoms with Crippen molar-refractivity contribution in [1.29, 1.82) is 0 Å². The molecule has 0 N–H and O–H groups in total. The zero-order chi connectivity index (χ0) is 20.9. The van der Waals surface area contributed by atoms with Crippen LogP contribution in [0.1, 0.15) is 5.56 Å². The highest BCUT2D eigenvalue weighted by Crippen LogP contribution is 2.25. The summed E-state index contributed by atoms with van der Waals surface area (Å²) >= 11 is 1.46. The van der Waals surface area contributed by atoms with Crippen LogP contribution in [0.3, 0.4) is 0 Å². The second-order valence-corrected chi connectivity index (χ2v) is 7.40. The Bertz CT molecular complexity index is 1230. The van der Waals surface area contributed by atoms with Crippen molar-refractivity contribution in [3.05, 3.63) is 105 Å². The van der Waals surface area contributed by atoms with Gasteiger partial charge in [-0.05, 0) is 36.2 Å². The van der Waals surface area contributed by atoms with Crippen LogP contribution in [0.15, 0.2) is 83.4 Å². The number of aromatic nitrogens is 2. The van der Waals surface area contributed by atoms with Crippen molar-refractivity contribution in [3.8, 4) is 11.3 Å². The maximum atomic E-state index is 13.2. The molecule has 0 saturated carbocycles. The fourth-order valence-corrected chi connectivity index (χ4v) is 4.02. The molecule has 0 radical (unpaired) electrons. The molecule has 2 aromatic heterocycles. The summed E-state index contributed by atoms with van der Waals surface area (Å²) in [6, 6.07) is 16.6. The van der Waals surface area contributed by atoms with E-state index in [9.17, 15) is 14.5 Å². The first kappa shape index (κ1) is 19.7. The van der Waals surface area contributed by atoms with Gasteiger partial charge in [-0.3, -0.25) is 15.1 Å². The number of halogens is 1. The van der Waals surface area contributed by atoms with E-state index in [4.69, 9.17) is 4.99 Å². The van der Waals surface area contributed by atoms with Gasteiger partial charge in [0.15, 0.2) is 4.80 Å². The molecular weight excluding hydrogens is 403 g/mol. The van der Waals surface area contributed by atoms with Crippen LogP contribution in [0.2, 0.25) is 0 Å². The van der Waals surface area contributed by atoms with Crippen LogP contribution in [0.4, 0.5) is 15.8 Å². The molecular formula is C22H17FN4O2S. The molecule has 150 valence electrons. The Morgan fingerprint density at radius 2 is 1.97 bits per heavy atom. The van der Waals surface area contributed by atoms with Crippen molar-refractivity contribution < 1.29 is 9.31 Å². The maximum absolute atomic E-state index is 13.2. The first-order valence-corrected chi connectivity index (χ1v) is 10.1. The SMILES string of the molecule is O=[N+]([O-])c1cccc(-c2csc(=Nc3cccnc3)n2CCc2ccc(F)cc2)c1. The molecule has 30 heavy (non-hydrogen) atoms. The standard InChI is InChI=1S/C22H17FN4O2S/c23-18-8-6-16(7-9-18)10-12-26-21(17-3-1-5-20(13-17)27(28)29)15-30-22(26)25-19-4-2-11-24-14-19/h1-9,11,13-15H,10,12H2. The number of hydrogen-bond acceptors (Lipinski definition) is 5. The van der Waals surface area contributed by atoms with Gasteiger partial charge in [-0.25, -0.2) is 9.38 Å². The van der Waals surface area contributed by atoms with E-state index in [2.05, 4.69) is 4.98 Å². The largest absolute Gasteiger partial charge is 0.316 e. The van der Waals surface area contributed by atoms with Gasteiger partial charge in [0.25, 0.3) is 5.69 Å². The predicted molar refractivity (Wildman–Crippen MR) is 114 cm³/mol. The number of aryl methyl sites for hydroxylation is 1. The van der Waals surface area contributed by atoms with Gasteiger partial charge in [0.2, 0.25) is 0 Å². The second-order valence-electron chi connectivity index (χ2n) is 6.56. The van der Waals surface area contributed by atoms with E-state index in [1.807, 2.05) is 28.1 Å². The fourth-order valence-electron chi connectivity index (χ4n) is 3.07. The topological polar surface area (TPSA) is 73.3 Å². The summed E-state index contributed by atoms with van der Waals surface area (Å²) in [6.07, 6.45) is 4.03. The van der Waals surface area contributed by atoms with E-state index >= 15 is 0 Å². The van der Waals surface area contributed by atoms with Crippen LogP contribution in [-0.4, -0.2) is 14.5 Å². The molecule has 2 aromatic carbocycles. The molecule has 0 aliphatic heterocycles. The van der Waals surface area contributed by atoms with Crippen LogP contribution in [0.25, 0.3) is 11.3 Å². The Balaban J connectivity index is 1.76. The summed E-state index contributed by atoms with van der Waals surface area (Å²) < 4.78 is 15.2. The molecule has 2 heterocycles. The molecule has 0 aliphatic carbocycles. The first-order valence-electron chi connectivity index (χ1n) is 9.22. The van der Waals surface area contributed by atoms with Crippen LogP contribution in [0, 0.1) is 15.9 Å². The molecule has 0 saturated heterocycles. The van der Waals surface area contributed by atoms with E-state index in [-0.39, 0.29) is 11.5 Å². The highest BCUT2D eigenvalue weighted by molar-refractivity contribution is 7.07. The highest BCUT2D eigenvalue weighted by atomic mass is 32.1. The van der Waals surface area contributed by atoms with Crippen LogP contribution in [0.5, 0.6) is 0 Å². The lowest BCUT2D eigenvalue weighted by Crippen LogP contribution is -2.17. The summed E-state index contributed by atoms with van der Waals surface area (Å²) in [5.74, 6) is -0.272. The lowest BCUT2D eigenvalue weighted by Gasteiger charge is -2.10. The zero-order valence-electron chi connectivity index (χ0n) is 15.8. The van der Waals surface area contributed by atoms with Gasteiger partial charge >= 0.3 is 0 Å². The first-order chi connectivity index (χ1) is 14.6. The Morgan fingerprint density at radius 1 is 1.13 bits per heavy atom. The Morgan fingerprint density at radius 3 is 2.70 bits per heavy atom. The number of nitrogens with zero attached hydrogens (tertiary/aromatic N) is 4. The number of nitro groups is 1. The predicted octanol–water partition coefficient (Wildman–Crippen LogP) is 5.13. The molecule has 0 amide bonds. The summed E-state index contributed by atoms with van der Waals surface area (Å²) in [5.41, 5.74) is 3.34. The maximum Gasteiger partial charge on any atom is 0.270 e. The van der Waals surface area contributed by atoms with E-state index in [0.29, 0.717) is 13.0 Å². The van der Waals surface area contributed by atoms with Crippen LogP contribution >= 0.6 is 11.3 Å². The summed E-state index contributed by atoms with van der Waals surface area (Å²) in [6.45, 7) is 0.590. The smallest absolute Gasteiger partial charge is 0.270 e. The Labute approximate surface area is 175 Å². The lowest BCUT2D eigenvalue weighted by atomic mass is 10.1. The molecule has 0 bridgehead atoms. The van der Waals surface area contributed by atoms with E-state index < -0.39 is 4.92 Å². The van der Waals surface area contributed by atoms with Crippen molar-refractivity contribution in [2.24, 2.45) is 4.99 Å². The third-order valence-electron chi connectivity index (χ3n) is 4.56. The van der Waals surface area contributed by atoms with Crippen molar-refractivity contribution >= 4 is 22.7 Å². The fraction of sp³-hybridized carbons (Fsp3) is 0.0909. The third-order valence-corrected chi connectivity index (χ3v) is 5.42. The second kappa shape index (κ2) is 8.79. The lowest BCUT2D eigenvalue weighted by molar-refractivity contribution is -0.384. The normalized spacial score (nSPS) is 11.6. The minimum atomic E-state index is -0.403. The van der Waals surface area contributed by atoms with Gasteiger partial charge in [0.1, 0.15) is 5.82 Å². The van der Waals surface area contributed by atoms with E-state index in [1.165, 1.54) is 29.5 Å². The summed E-state index contributed by atoms with van der Waals surface area (Å²) in [5, 5.41) is 13.1. The Kier molecular flexibility index (Phi) is 5.76. The monoisotopic (exact) mass is 420 g/mol. The van der Waals surface area contributed by atoms with Gasteiger partial charge in [-0.2, -0.15) is 0 Å².